The number of hydrogen-bond acceptors (Lipinski definition) is 3. The summed E-state index contributed by atoms with van der Waals surface area (Å²) >= 11 is 0. The van der Waals surface area contributed by atoms with Crippen LogP contribution in [0.3, 0.4) is 0 Å². The van der Waals surface area contributed by atoms with Crippen LogP contribution in [0.15, 0.2) is 36.7 Å². The van der Waals surface area contributed by atoms with Gasteiger partial charge in [0.05, 0.1) is 0 Å². The molecule has 4 nitrogen and oxygen atoms in total. The van der Waals surface area contributed by atoms with Gasteiger partial charge >= 0.3 is 0 Å². The van der Waals surface area contributed by atoms with Crippen LogP contribution in [0, 0.1) is 0 Å². The van der Waals surface area contributed by atoms with Crippen molar-refractivity contribution in [2.24, 2.45) is 12.8 Å². The summed E-state index contributed by atoms with van der Waals surface area (Å²) < 4.78 is 1.83. The van der Waals surface area contributed by atoms with E-state index in [0.717, 1.165) is 12.2 Å². The van der Waals surface area contributed by atoms with Crippen molar-refractivity contribution < 1.29 is 0 Å². The van der Waals surface area contributed by atoms with E-state index in [4.69, 9.17) is 5.73 Å². The van der Waals surface area contributed by atoms with Gasteiger partial charge in [0.2, 0.25) is 0 Å². The van der Waals surface area contributed by atoms with Gasteiger partial charge < -0.3 is 5.73 Å². The van der Waals surface area contributed by atoms with E-state index >= 15 is 0 Å². The highest BCUT2D eigenvalue weighted by Crippen LogP contribution is 2.43. The summed E-state index contributed by atoms with van der Waals surface area (Å²) in [6.07, 6.45) is 7.27. The quantitative estimate of drug-likeness (QED) is 0.926. The van der Waals surface area contributed by atoms with Crippen molar-refractivity contribution in [1.29, 1.82) is 0 Å². The van der Waals surface area contributed by atoms with Gasteiger partial charge in [0.25, 0.3) is 0 Å². The molecule has 0 radical (unpaired) electrons. The molecule has 1 heterocycles. The highest BCUT2D eigenvalue weighted by atomic mass is 15.3. The second-order valence-electron chi connectivity index (χ2n) is 5.84. The fourth-order valence-electron chi connectivity index (χ4n) is 3.55. The predicted octanol–water partition coefficient (Wildman–Crippen LogP) is 2.20. The van der Waals surface area contributed by atoms with E-state index in [-0.39, 0.29) is 11.5 Å². The van der Waals surface area contributed by atoms with Gasteiger partial charge in [0, 0.05) is 24.9 Å². The highest BCUT2D eigenvalue weighted by Gasteiger charge is 2.41. The van der Waals surface area contributed by atoms with Gasteiger partial charge in [0.1, 0.15) is 12.2 Å². The fraction of sp³-hybridized carbons (Fsp3) is 0.500. The third kappa shape index (κ3) is 2.24. The molecule has 106 valence electrons. The van der Waals surface area contributed by atoms with Gasteiger partial charge in [-0.3, -0.25) is 4.68 Å². The molecular weight excluding hydrogens is 248 g/mol. The zero-order valence-corrected chi connectivity index (χ0v) is 12.0. The maximum absolute atomic E-state index is 6.62. The summed E-state index contributed by atoms with van der Waals surface area (Å²) in [5.74, 6) is 0.972. The normalized spacial score (nSPS) is 19.1. The summed E-state index contributed by atoms with van der Waals surface area (Å²) in [7, 11) is 1.93. The molecule has 4 heteroatoms. The van der Waals surface area contributed by atoms with Crippen LogP contribution in [0.2, 0.25) is 0 Å². The summed E-state index contributed by atoms with van der Waals surface area (Å²) in [6.45, 7) is 0. The van der Waals surface area contributed by atoms with Gasteiger partial charge in [-0.25, -0.2) is 4.98 Å². The van der Waals surface area contributed by atoms with E-state index in [1.54, 1.807) is 6.33 Å². The van der Waals surface area contributed by atoms with E-state index < -0.39 is 0 Å². The first-order valence-electron chi connectivity index (χ1n) is 7.36. The zero-order chi connectivity index (χ0) is 14.0. The largest absolute Gasteiger partial charge is 0.326 e. The lowest BCUT2D eigenvalue weighted by Crippen LogP contribution is -2.45. The van der Waals surface area contributed by atoms with Crippen LogP contribution in [-0.2, 0) is 18.9 Å². The Morgan fingerprint density at radius 1 is 1.25 bits per heavy atom. The third-order valence-electron chi connectivity index (χ3n) is 4.76. The van der Waals surface area contributed by atoms with E-state index in [1.807, 2.05) is 11.7 Å². The molecule has 1 aromatic carbocycles. The Kier molecular flexibility index (Phi) is 3.57. The van der Waals surface area contributed by atoms with Crippen LogP contribution in [0.5, 0.6) is 0 Å². The molecule has 1 aliphatic carbocycles. The van der Waals surface area contributed by atoms with Crippen molar-refractivity contribution in [3.63, 3.8) is 0 Å². The van der Waals surface area contributed by atoms with Crippen LogP contribution < -0.4 is 5.73 Å². The number of aryl methyl sites for hydroxylation is 1. The number of rotatable bonds is 4. The fourth-order valence-corrected chi connectivity index (χ4v) is 3.55. The van der Waals surface area contributed by atoms with E-state index in [1.165, 1.54) is 31.2 Å². The topological polar surface area (TPSA) is 56.7 Å². The number of benzene rings is 1. The molecule has 20 heavy (non-hydrogen) atoms. The maximum Gasteiger partial charge on any atom is 0.138 e. The number of nitrogens with two attached hydrogens (primary N) is 1. The minimum Gasteiger partial charge on any atom is -0.326 e. The number of hydrogen-bond donors (Lipinski definition) is 1. The van der Waals surface area contributed by atoms with E-state index in [0.29, 0.717) is 0 Å². The van der Waals surface area contributed by atoms with Gasteiger partial charge in [-0.15, -0.1) is 0 Å². The first kappa shape index (κ1) is 13.3. The maximum atomic E-state index is 6.62. The Labute approximate surface area is 120 Å². The predicted molar refractivity (Wildman–Crippen MR) is 79.3 cm³/mol. The molecule has 1 aliphatic rings. The molecule has 3 rings (SSSR count). The SMILES string of the molecule is Cn1ncnc1CC(N)C1(c2ccccc2)CCCC1. The minimum atomic E-state index is 0.0929. The summed E-state index contributed by atoms with van der Waals surface area (Å²) in [6, 6.07) is 10.8. The summed E-state index contributed by atoms with van der Waals surface area (Å²) in [4.78, 5) is 4.32. The molecule has 0 aliphatic heterocycles. The van der Waals surface area contributed by atoms with Crippen LogP contribution in [0.25, 0.3) is 0 Å². The van der Waals surface area contributed by atoms with Gasteiger partial charge in [-0.05, 0) is 18.4 Å². The van der Waals surface area contributed by atoms with Crippen molar-refractivity contribution in [3.8, 4) is 0 Å². The Morgan fingerprint density at radius 2 is 1.95 bits per heavy atom. The molecule has 1 saturated carbocycles. The lowest BCUT2D eigenvalue weighted by Gasteiger charge is -2.36. The summed E-state index contributed by atoms with van der Waals surface area (Å²) in [5.41, 5.74) is 8.11. The molecule has 0 saturated heterocycles. The lowest BCUT2D eigenvalue weighted by molar-refractivity contribution is 0.340. The molecule has 0 spiro atoms. The third-order valence-corrected chi connectivity index (χ3v) is 4.76. The number of nitrogens with zero attached hydrogens (tertiary/aromatic N) is 3. The van der Waals surface area contributed by atoms with Crippen LogP contribution in [-0.4, -0.2) is 20.8 Å². The standard InChI is InChI=1S/C16H22N4/c1-20-15(18-12-19-20)11-14(17)16(9-5-6-10-16)13-7-3-2-4-8-13/h2-4,7-8,12,14H,5-6,9-11,17H2,1H3. The monoisotopic (exact) mass is 270 g/mol. The van der Waals surface area contributed by atoms with Crippen LogP contribution in [0.1, 0.15) is 37.1 Å². The van der Waals surface area contributed by atoms with Gasteiger partial charge in [0.15, 0.2) is 0 Å². The second-order valence-corrected chi connectivity index (χ2v) is 5.84. The molecule has 1 atom stereocenters. The van der Waals surface area contributed by atoms with Crippen LogP contribution in [0.4, 0.5) is 0 Å². The molecule has 1 aromatic heterocycles. The molecule has 2 aromatic rings. The van der Waals surface area contributed by atoms with Gasteiger partial charge in [-0.2, -0.15) is 5.10 Å². The smallest absolute Gasteiger partial charge is 0.138 e. The van der Waals surface area contributed by atoms with Crippen molar-refractivity contribution in [2.45, 2.75) is 43.6 Å². The molecule has 1 unspecified atom stereocenters. The zero-order valence-electron chi connectivity index (χ0n) is 12.0. The minimum absolute atomic E-state index is 0.0929. The first-order chi connectivity index (χ1) is 9.72. The average Bonchev–Trinajstić information content (AvgIpc) is 3.11. The van der Waals surface area contributed by atoms with E-state index in [2.05, 4.69) is 40.4 Å². The molecular formula is C16H22N4. The van der Waals surface area contributed by atoms with E-state index in [9.17, 15) is 0 Å². The van der Waals surface area contributed by atoms with Crippen molar-refractivity contribution in [1.82, 2.24) is 14.8 Å². The molecule has 0 bridgehead atoms. The highest BCUT2D eigenvalue weighted by molar-refractivity contribution is 5.29. The van der Waals surface area contributed by atoms with Crippen molar-refractivity contribution in [3.05, 3.63) is 48.0 Å². The first-order valence-corrected chi connectivity index (χ1v) is 7.36. The Balaban J connectivity index is 1.89. The Bertz CT molecular complexity index is 555. The Hall–Kier alpha value is -1.68. The molecule has 2 N–H and O–H groups in total. The second kappa shape index (κ2) is 5.37. The van der Waals surface area contributed by atoms with Crippen molar-refractivity contribution >= 4 is 0 Å². The van der Waals surface area contributed by atoms with Crippen LogP contribution >= 0.6 is 0 Å². The molecule has 1 fully saturated rings. The summed E-state index contributed by atoms with van der Waals surface area (Å²) in [5, 5.41) is 4.14. The lowest BCUT2D eigenvalue weighted by atomic mass is 9.72. The number of aromatic nitrogens is 3. The molecule has 0 amide bonds. The average molecular weight is 270 g/mol. The van der Waals surface area contributed by atoms with Gasteiger partial charge in [-0.1, -0.05) is 43.2 Å². The van der Waals surface area contributed by atoms with Crippen molar-refractivity contribution in [2.75, 3.05) is 0 Å². The Morgan fingerprint density at radius 3 is 2.55 bits per heavy atom.